The molecule has 8 nitrogen and oxygen atoms in total. The molecular formula is C16H19N5O3S. The third-order valence-electron chi connectivity index (χ3n) is 3.33. The molecule has 1 heterocycles. The van der Waals surface area contributed by atoms with E-state index in [0.717, 1.165) is 22.9 Å². The van der Waals surface area contributed by atoms with Crippen LogP contribution in [0, 0.1) is 0 Å². The van der Waals surface area contributed by atoms with Crippen LogP contribution in [0.2, 0.25) is 0 Å². The fraction of sp³-hybridized carbons (Fsp3) is 0.250. The quantitative estimate of drug-likeness (QED) is 0.351. The second-order valence-corrected chi connectivity index (χ2v) is 5.60. The number of hydrogen-bond donors (Lipinski definition) is 4. The Balaban J connectivity index is 2.11. The van der Waals surface area contributed by atoms with Gasteiger partial charge in [0.15, 0.2) is 5.11 Å². The van der Waals surface area contributed by atoms with Crippen LogP contribution in [0.5, 0.6) is 5.88 Å². The molecule has 0 spiro atoms. The van der Waals surface area contributed by atoms with E-state index in [0.29, 0.717) is 13.0 Å². The number of benzene rings is 1. The van der Waals surface area contributed by atoms with E-state index in [1.165, 1.54) is 0 Å². The summed E-state index contributed by atoms with van der Waals surface area (Å²) in [6, 6.07) is 9.24. The first kappa shape index (κ1) is 18.4. The Hall–Kier alpha value is -2.94. The van der Waals surface area contributed by atoms with Crippen LogP contribution >= 0.6 is 12.2 Å². The molecule has 0 fully saturated rings. The van der Waals surface area contributed by atoms with Crippen LogP contribution in [-0.2, 0) is 6.54 Å². The summed E-state index contributed by atoms with van der Waals surface area (Å²) >= 11 is 5.08. The lowest BCUT2D eigenvalue weighted by Gasteiger charge is -2.09. The minimum atomic E-state index is -0.720. The predicted molar refractivity (Wildman–Crippen MR) is 101 cm³/mol. The average molecular weight is 361 g/mol. The van der Waals surface area contributed by atoms with E-state index in [1.807, 2.05) is 37.3 Å². The van der Waals surface area contributed by atoms with Gasteiger partial charge in [0.1, 0.15) is 5.56 Å². The van der Waals surface area contributed by atoms with Crippen molar-refractivity contribution < 1.29 is 5.11 Å². The second-order valence-electron chi connectivity index (χ2n) is 5.19. The number of rotatable bonds is 6. The normalized spacial score (nSPS) is 10.8. The van der Waals surface area contributed by atoms with Crippen molar-refractivity contribution in [2.24, 2.45) is 5.10 Å². The Kier molecular flexibility index (Phi) is 6.47. The van der Waals surface area contributed by atoms with Crippen LogP contribution < -0.4 is 22.0 Å². The smallest absolute Gasteiger partial charge is 0.331 e. The van der Waals surface area contributed by atoms with Crippen LogP contribution in [0.15, 0.2) is 45.0 Å². The molecule has 0 aliphatic rings. The minimum Gasteiger partial charge on any atom is -0.494 e. The van der Waals surface area contributed by atoms with Crippen molar-refractivity contribution in [1.82, 2.24) is 15.0 Å². The van der Waals surface area contributed by atoms with Crippen LogP contribution in [0.3, 0.4) is 0 Å². The number of nitrogens with zero attached hydrogens (tertiary/aromatic N) is 2. The molecule has 4 N–H and O–H groups in total. The number of unbranched alkanes of at least 4 members (excludes halogenated alkanes) is 1. The second kappa shape index (κ2) is 8.78. The van der Waals surface area contributed by atoms with E-state index in [2.05, 4.69) is 20.8 Å². The Morgan fingerprint density at radius 2 is 2.08 bits per heavy atom. The highest BCUT2D eigenvalue weighted by Gasteiger charge is 2.12. The van der Waals surface area contributed by atoms with E-state index in [4.69, 9.17) is 12.2 Å². The van der Waals surface area contributed by atoms with E-state index in [1.54, 1.807) is 0 Å². The summed E-state index contributed by atoms with van der Waals surface area (Å²) < 4.78 is 1.10. The van der Waals surface area contributed by atoms with Gasteiger partial charge in [0.2, 0.25) is 5.88 Å². The minimum absolute atomic E-state index is 0.120. The predicted octanol–water partition coefficient (Wildman–Crippen LogP) is 1.36. The van der Waals surface area contributed by atoms with Crippen molar-refractivity contribution in [3.63, 3.8) is 0 Å². The number of hydrazone groups is 1. The molecule has 0 aliphatic heterocycles. The first-order valence-electron chi connectivity index (χ1n) is 7.74. The number of nitrogens with one attached hydrogen (secondary N) is 3. The number of H-pyrrole nitrogens is 1. The number of aromatic amines is 1. The van der Waals surface area contributed by atoms with E-state index >= 15 is 0 Å². The van der Waals surface area contributed by atoms with Gasteiger partial charge < -0.3 is 10.4 Å². The molecule has 2 rings (SSSR count). The summed E-state index contributed by atoms with van der Waals surface area (Å²) in [7, 11) is 0. The summed E-state index contributed by atoms with van der Waals surface area (Å²) in [5, 5.41) is 17.1. The van der Waals surface area contributed by atoms with Crippen LogP contribution in [-0.4, -0.2) is 26.0 Å². The van der Waals surface area contributed by atoms with Gasteiger partial charge in [-0.2, -0.15) is 5.10 Å². The van der Waals surface area contributed by atoms with Gasteiger partial charge >= 0.3 is 5.69 Å². The van der Waals surface area contributed by atoms with E-state index < -0.39 is 17.1 Å². The highest BCUT2D eigenvalue weighted by atomic mass is 32.1. The maximum Gasteiger partial charge on any atom is 0.331 e. The Morgan fingerprint density at radius 3 is 2.76 bits per heavy atom. The van der Waals surface area contributed by atoms with Crippen molar-refractivity contribution in [2.45, 2.75) is 26.3 Å². The molecule has 25 heavy (non-hydrogen) atoms. The molecule has 0 amide bonds. The number of anilines is 1. The molecule has 1 aromatic heterocycles. The van der Waals surface area contributed by atoms with Crippen molar-refractivity contribution >= 4 is 29.2 Å². The molecule has 0 bridgehead atoms. The molecule has 0 saturated heterocycles. The lowest BCUT2D eigenvalue weighted by Crippen LogP contribution is -2.32. The lowest BCUT2D eigenvalue weighted by molar-refractivity contribution is 0.394. The van der Waals surface area contributed by atoms with Crippen LogP contribution in [0.25, 0.3) is 0 Å². The maximum absolute atomic E-state index is 11.9. The zero-order valence-electron chi connectivity index (χ0n) is 13.7. The van der Waals surface area contributed by atoms with Crippen molar-refractivity contribution in [1.29, 1.82) is 0 Å². The highest BCUT2D eigenvalue weighted by Crippen LogP contribution is 2.09. The molecular weight excluding hydrogens is 342 g/mol. The van der Waals surface area contributed by atoms with Crippen molar-refractivity contribution in [3.8, 4) is 5.88 Å². The third kappa shape index (κ3) is 5.01. The number of thiocarbonyl (C=S) groups is 1. The summed E-state index contributed by atoms with van der Waals surface area (Å²) in [4.78, 5) is 25.8. The largest absolute Gasteiger partial charge is 0.494 e. The average Bonchev–Trinajstić information content (AvgIpc) is 2.58. The summed E-state index contributed by atoms with van der Waals surface area (Å²) in [5.41, 5.74) is 1.84. The first-order valence-corrected chi connectivity index (χ1v) is 8.15. The molecule has 0 radical (unpaired) electrons. The number of aromatic nitrogens is 2. The molecule has 9 heteroatoms. The van der Waals surface area contributed by atoms with Gasteiger partial charge in [0.25, 0.3) is 5.56 Å². The molecule has 0 saturated carbocycles. The number of aromatic hydroxyl groups is 1. The molecule has 0 aliphatic carbocycles. The van der Waals surface area contributed by atoms with Gasteiger partial charge in [-0.1, -0.05) is 31.5 Å². The lowest BCUT2D eigenvalue weighted by atomic mass is 10.3. The monoisotopic (exact) mass is 361 g/mol. The maximum atomic E-state index is 11.9. The van der Waals surface area contributed by atoms with Gasteiger partial charge in [0.05, 0.1) is 6.21 Å². The Labute approximate surface area is 149 Å². The van der Waals surface area contributed by atoms with Gasteiger partial charge in [-0.15, -0.1) is 0 Å². The Morgan fingerprint density at radius 1 is 1.36 bits per heavy atom. The molecule has 1 aromatic carbocycles. The molecule has 132 valence electrons. The standard InChI is InChI=1S/C16H19N5O3S/c1-2-3-9-21-14(23)12(13(22)19-16(21)24)10-17-20-15(25)18-11-7-5-4-6-8-11/h4-8,10,23H,2-3,9H2,1H3,(H2,18,20,25)(H,19,22,24)/b17-10+. The summed E-state index contributed by atoms with van der Waals surface area (Å²) in [6.07, 6.45) is 2.66. The topological polar surface area (TPSA) is 112 Å². The highest BCUT2D eigenvalue weighted by molar-refractivity contribution is 7.80. The molecule has 0 unspecified atom stereocenters. The summed E-state index contributed by atoms with van der Waals surface area (Å²) in [5.74, 6) is -0.422. The van der Waals surface area contributed by atoms with Gasteiger partial charge in [0, 0.05) is 12.2 Å². The number of hydrogen-bond acceptors (Lipinski definition) is 5. The van der Waals surface area contributed by atoms with Crippen LogP contribution in [0.4, 0.5) is 5.69 Å². The van der Waals surface area contributed by atoms with E-state index in [9.17, 15) is 14.7 Å². The van der Waals surface area contributed by atoms with Crippen molar-refractivity contribution in [2.75, 3.05) is 5.32 Å². The Bertz CT molecular complexity index is 874. The molecule has 0 atom stereocenters. The van der Waals surface area contributed by atoms with E-state index in [-0.39, 0.29) is 10.7 Å². The zero-order valence-corrected chi connectivity index (χ0v) is 14.5. The fourth-order valence-corrected chi connectivity index (χ4v) is 2.22. The summed E-state index contributed by atoms with van der Waals surface area (Å²) in [6.45, 7) is 2.26. The SMILES string of the molecule is CCCCn1c(O)c(/C=N/NC(=S)Nc2ccccc2)c(=O)[nH]c1=O. The van der Waals surface area contributed by atoms with Crippen LogP contribution in [0.1, 0.15) is 25.3 Å². The van der Waals surface area contributed by atoms with Gasteiger partial charge in [-0.25, -0.2) is 4.79 Å². The zero-order chi connectivity index (χ0) is 18.2. The number of para-hydroxylation sites is 1. The van der Waals surface area contributed by atoms with Gasteiger partial charge in [-0.05, 0) is 30.8 Å². The fourth-order valence-electron chi connectivity index (χ4n) is 2.05. The molecule has 2 aromatic rings. The van der Waals surface area contributed by atoms with Crippen molar-refractivity contribution in [3.05, 3.63) is 56.7 Å². The van der Waals surface area contributed by atoms with Gasteiger partial charge in [-0.3, -0.25) is 19.8 Å². The third-order valence-corrected chi connectivity index (χ3v) is 3.53. The first-order chi connectivity index (χ1) is 12.0.